The minimum atomic E-state index is -0.377. The lowest BCUT2D eigenvalue weighted by atomic mass is 10.2. The fourth-order valence-corrected chi connectivity index (χ4v) is 2.04. The van der Waals surface area contributed by atoms with Crippen LogP contribution in [0.1, 0.15) is 5.56 Å². The van der Waals surface area contributed by atoms with E-state index in [9.17, 15) is 4.39 Å². The summed E-state index contributed by atoms with van der Waals surface area (Å²) in [7, 11) is 0. The first-order valence-electron chi connectivity index (χ1n) is 4.97. The molecule has 88 valence electrons. The standard InChI is InChI=1S/C13H9Br2FO/c14-8-9-1-4-11(5-2-9)17-13-7-10(15)3-6-12(13)16/h1-7H,8H2. The summed E-state index contributed by atoms with van der Waals surface area (Å²) in [5, 5.41) is 0.790. The third-order valence-corrected chi connectivity index (χ3v) is 3.34. The highest BCUT2D eigenvalue weighted by molar-refractivity contribution is 9.10. The summed E-state index contributed by atoms with van der Waals surface area (Å²) in [5.74, 6) is 0.454. The van der Waals surface area contributed by atoms with Gasteiger partial charge in [-0.2, -0.15) is 0 Å². The molecule has 0 N–H and O–H groups in total. The Kier molecular flexibility index (Phi) is 4.18. The zero-order valence-electron chi connectivity index (χ0n) is 8.79. The molecule has 0 aliphatic carbocycles. The van der Waals surface area contributed by atoms with E-state index in [4.69, 9.17) is 4.74 Å². The Bertz CT molecular complexity index is 511. The zero-order chi connectivity index (χ0) is 12.3. The lowest BCUT2D eigenvalue weighted by Crippen LogP contribution is -1.88. The number of halogens is 3. The van der Waals surface area contributed by atoms with E-state index >= 15 is 0 Å². The minimum absolute atomic E-state index is 0.214. The number of hydrogen-bond donors (Lipinski definition) is 0. The van der Waals surface area contributed by atoms with Crippen molar-refractivity contribution in [1.29, 1.82) is 0 Å². The molecule has 0 aromatic heterocycles. The van der Waals surface area contributed by atoms with E-state index in [0.717, 1.165) is 15.4 Å². The maximum absolute atomic E-state index is 13.4. The van der Waals surface area contributed by atoms with Gasteiger partial charge in [0.2, 0.25) is 0 Å². The highest BCUT2D eigenvalue weighted by atomic mass is 79.9. The van der Waals surface area contributed by atoms with Crippen LogP contribution in [0.2, 0.25) is 0 Å². The smallest absolute Gasteiger partial charge is 0.165 e. The molecule has 4 heteroatoms. The number of rotatable bonds is 3. The van der Waals surface area contributed by atoms with Crippen molar-refractivity contribution >= 4 is 31.9 Å². The molecule has 0 amide bonds. The van der Waals surface area contributed by atoms with Crippen LogP contribution >= 0.6 is 31.9 Å². The van der Waals surface area contributed by atoms with Crippen LogP contribution in [-0.2, 0) is 5.33 Å². The molecule has 0 saturated heterocycles. The summed E-state index contributed by atoms with van der Waals surface area (Å²) < 4.78 is 19.7. The van der Waals surface area contributed by atoms with Gasteiger partial charge in [-0.15, -0.1) is 0 Å². The van der Waals surface area contributed by atoms with Gasteiger partial charge in [0.05, 0.1) is 0 Å². The fraction of sp³-hybridized carbons (Fsp3) is 0.0769. The molecule has 0 bridgehead atoms. The average Bonchev–Trinajstić information content (AvgIpc) is 2.35. The summed E-state index contributed by atoms with van der Waals surface area (Å²) in [6.07, 6.45) is 0. The van der Waals surface area contributed by atoms with Crippen molar-refractivity contribution in [3.05, 3.63) is 58.3 Å². The molecule has 0 radical (unpaired) electrons. The first-order valence-corrected chi connectivity index (χ1v) is 6.88. The normalized spacial score (nSPS) is 10.3. The van der Waals surface area contributed by atoms with Gasteiger partial charge in [-0.3, -0.25) is 0 Å². The summed E-state index contributed by atoms with van der Waals surface area (Å²) in [6, 6.07) is 12.1. The molecule has 1 nitrogen and oxygen atoms in total. The highest BCUT2D eigenvalue weighted by Crippen LogP contribution is 2.27. The van der Waals surface area contributed by atoms with Crippen LogP contribution in [0, 0.1) is 5.82 Å². The van der Waals surface area contributed by atoms with Gasteiger partial charge in [-0.1, -0.05) is 44.0 Å². The Morgan fingerprint density at radius 3 is 2.41 bits per heavy atom. The molecule has 0 aliphatic rings. The molecule has 17 heavy (non-hydrogen) atoms. The monoisotopic (exact) mass is 358 g/mol. The van der Waals surface area contributed by atoms with Crippen molar-refractivity contribution in [2.24, 2.45) is 0 Å². The zero-order valence-corrected chi connectivity index (χ0v) is 12.0. The largest absolute Gasteiger partial charge is 0.454 e. The minimum Gasteiger partial charge on any atom is -0.454 e. The Labute approximate surface area is 116 Å². The van der Waals surface area contributed by atoms with Crippen molar-refractivity contribution in [3.8, 4) is 11.5 Å². The van der Waals surface area contributed by atoms with E-state index < -0.39 is 0 Å². The van der Waals surface area contributed by atoms with Crippen LogP contribution in [0.4, 0.5) is 4.39 Å². The molecule has 0 spiro atoms. The number of hydrogen-bond acceptors (Lipinski definition) is 1. The quantitative estimate of drug-likeness (QED) is 0.678. The van der Waals surface area contributed by atoms with Crippen molar-refractivity contribution in [2.45, 2.75) is 5.33 Å². The third kappa shape index (κ3) is 3.30. The maximum atomic E-state index is 13.4. The van der Waals surface area contributed by atoms with Gasteiger partial charge in [0.1, 0.15) is 5.75 Å². The van der Waals surface area contributed by atoms with Gasteiger partial charge in [-0.05, 0) is 35.9 Å². The molecule has 0 aliphatic heterocycles. The van der Waals surface area contributed by atoms with E-state index in [1.54, 1.807) is 12.1 Å². The molecule has 0 fully saturated rings. The SMILES string of the molecule is Fc1ccc(Br)cc1Oc1ccc(CBr)cc1. The lowest BCUT2D eigenvalue weighted by molar-refractivity contribution is 0.442. The number of alkyl halides is 1. The molecule has 0 saturated carbocycles. The Morgan fingerprint density at radius 2 is 1.76 bits per heavy atom. The van der Waals surface area contributed by atoms with Crippen molar-refractivity contribution in [3.63, 3.8) is 0 Å². The first kappa shape index (κ1) is 12.6. The summed E-state index contributed by atoms with van der Waals surface area (Å²) in [4.78, 5) is 0. The van der Waals surface area contributed by atoms with Crippen LogP contribution in [0.5, 0.6) is 11.5 Å². The molecular weight excluding hydrogens is 351 g/mol. The molecule has 0 unspecified atom stereocenters. The second-order valence-electron chi connectivity index (χ2n) is 3.45. The second kappa shape index (κ2) is 5.65. The molecule has 0 atom stereocenters. The van der Waals surface area contributed by atoms with Gasteiger partial charge < -0.3 is 4.74 Å². The molecule has 0 heterocycles. The van der Waals surface area contributed by atoms with E-state index in [-0.39, 0.29) is 11.6 Å². The van der Waals surface area contributed by atoms with Gasteiger partial charge in [0.15, 0.2) is 11.6 Å². The Hall–Kier alpha value is -0.870. The fourth-order valence-electron chi connectivity index (χ4n) is 1.33. The van der Waals surface area contributed by atoms with Crippen LogP contribution in [0.25, 0.3) is 0 Å². The number of ether oxygens (including phenoxy) is 1. The van der Waals surface area contributed by atoms with Gasteiger partial charge >= 0.3 is 0 Å². The molecule has 2 aromatic rings. The molecule has 2 rings (SSSR count). The second-order valence-corrected chi connectivity index (χ2v) is 4.93. The van der Waals surface area contributed by atoms with E-state index in [1.807, 2.05) is 24.3 Å². The summed E-state index contributed by atoms with van der Waals surface area (Å²) in [5.41, 5.74) is 1.15. The van der Waals surface area contributed by atoms with Crippen molar-refractivity contribution in [1.82, 2.24) is 0 Å². The van der Waals surface area contributed by atoms with Gasteiger partial charge in [0.25, 0.3) is 0 Å². The molecule has 2 aromatic carbocycles. The lowest BCUT2D eigenvalue weighted by Gasteiger charge is -2.07. The predicted molar refractivity (Wildman–Crippen MR) is 73.2 cm³/mol. The Morgan fingerprint density at radius 1 is 1.06 bits per heavy atom. The maximum Gasteiger partial charge on any atom is 0.165 e. The van der Waals surface area contributed by atoms with Crippen LogP contribution in [0.15, 0.2) is 46.9 Å². The number of benzene rings is 2. The molecular formula is C13H9Br2FO. The average molecular weight is 360 g/mol. The predicted octanol–water partition coefficient (Wildman–Crippen LogP) is 5.28. The summed E-state index contributed by atoms with van der Waals surface area (Å²) in [6.45, 7) is 0. The van der Waals surface area contributed by atoms with E-state index in [0.29, 0.717) is 5.75 Å². The Balaban J connectivity index is 2.22. The summed E-state index contributed by atoms with van der Waals surface area (Å²) >= 11 is 6.64. The van der Waals surface area contributed by atoms with Gasteiger partial charge in [-0.25, -0.2) is 4.39 Å². The van der Waals surface area contributed by atoms with Crippen molar-refractivity contribution < 1.29 is 9.13 Å². The van der Waals surface area contributed by atoms with E-state index in [1.165, 1.54) is 6.07 Å². The first-order chi connectivity index (χ1) is 8.19. The van der Waals surface area contributed by atoms with Crippen LogP contribution in [0.3, 0.4) is 0 Å². The van der Waals surface area contributed by atoms with Gasteiger partial charge in [0, 0.05) is 9.80 Å². The van der Waals surface area contributed by atoms with Crippen molar-refractivity contribution in [2.75, 3.05) is 0 Å². The highest BCUT2D eigenvalue weighted by Gasteiger charge is 2.05. The van der Waals surface area contributed by atoms with Crippen LogP contribution in [-0.4, -0.2) is 0 Å². The van der Waals surface area contributed by atoms with Crippen LogP contribution < -0.4 is 4.74 Å². The topological polar surface area (TPSA) is 9.23 Å². The third-order valence-electron chi connectivity index (χ3n) is 2.20. The van der Waals surface area contributed by atoms with E-state index in [2.05, 4.69) is 31.9 Å².